The third-order valence-corrected chi connectivity index (χ3v) is 4.23. The quantitative estimate of drug-likeness (QED) is 0.402. The van der Waals surface area contributed by atoms with Crippen molar-refractivity contribution in [1.82, 2.24) is 10.4 Å². The van der Waals surface area contributed by atoms with Gasteiger partial charge in [-0.1, -0.05) is 60.7 Å². The van der Waals surface area contributed by atoms with E-state index in [1.807, 2.05) is 60.7 Å². The Hall–Kier alpha value is -3.73. The number of amides is 1. The van der Waals surface area contributed by atoms with E-state index >= 15 is 0 Å². The standard InChI is InChI=1S/C22H16FN3O/c23-17-11-12-19-18(13-17)20(16-9-5-2-6-10-16)21(25-19)22(27)26-24-14-15-7-3-1-4-8-15/h1-14,25H,(H,26,27). The lowest BCUT2D eigenvalue weighted by Gasteiger charge is -2.04. The van der Waals surface area contributed by atoms with Crippen LogP contribution in [-0.4, -0.2) is 17.1 Å². The molecule has 4 nitrogen and oxygen atoms in total. The fourth-order valence-electron chi connectivity index (χ4n) is 3.00. The number of hydrazone groups is 1. The van der Waals surface area contributed by atoms with E-state index in [1.165, 1.54) is 12.1 Å². The highest BCUT2D eigenvalue weighted by Crippen LogP contribution is 2.32. The van der Waals surface area contributed by atoms with Crippen LogP contribution in [0.15, 0.2) is 84.0 Å². The summed E-state index contributed by atoms with van der Waals surface area (Å²) in [7, 11) is 0. The van der Waals surface area contributed by atoms with Gasteiger partial charge in [-0.25, -0.2) is 9.82 Å². The second-order valence-corrected chi connectivity index (χ2v) is 6.04. The maximum atomic E-state index is 13.8. The number of hydrogen-bond donors (Lipinski definition) is 2. The molecule has 0 saturated carbocycles. The second-order valence-electron chi connectivity index (χ2n) is 6.04. The van der Waals surface area contributed by atoms with Crippen molar-refractivity contribution in [2.45, 2.75) is 0 Å². The molecule has 0 spiro atoms. The Bertz CT molecular complexity index is 1120. The largest absolute Gasteiger partial charge is 0.350 e. The number of benzene rings is 3. The van der Waals surface area contributed by atoms with Crippen LogP contribution in [-0.2, 0) is 0 Å². The number of carbonyl (C=O) groups excluding carboxylic acids is 1. The molecule has 0 bridgehead atoms. The molecule has 2 N–H and O–H groups in total. The monoisotopic (exact) mass is 357 g/mol. The Morgan fingerprint density at radius 1 is 0.963 bits per heavy atom. The number of hydrogen-bond acceptors (Lipinski definition) is 2. The normalized spacial score (nSPS) is 11.1. The number of aromatic amines is 1. The van der Waals surface area contributed by atoms with Crippen LogP contribution in [0.5, 0.6) is 0 Å². The van der Waals surface area contributed by atoms with E-state index in [-0.39, 0.29) is 5.82 Å². The average molecular weight is 357 g/mol. The van der Waals surface area contributed by atoms with Crippen LogP contribution in [0.25, 0.3) is 22.0 Å². The highest BCUT2D eigenvalue weighted by Gasteiger charge is 2.19. The van der Waals surface area contributed by atoms with Gasteiger partial charge in [0.05, 0.1) is 6.21 Å². The first-order chi connectivity index (χ1) is 13.2. The lowest BCUT2D eigenvalue weighted by Crippen LogP contribution is -2.18. The summed E-state index contributed by atoms with van der Waals surface area (Å²) in [6.07, 6.45) is 1.57. The molecule has 5 heteroatoms. The predicted molar refractivity (Wildman–Crippen MR) is 105 cm³/mol. The Morgan fingerprint density at radius 3 is 2.41 bits per heavy atom. The topological polar surface area (TPSA) is 57.2 Å². The summed E-state index contributed by atoms with van der Waals surface area (Å²) in [4.78, 5) is 15.8. The van der Waals surface area contributed by atoms with Crippen molar-refractivity contribution in [2.24, 2.45) is 5.10 Å². The van der Waals surface area contributed by atoms with Gasteiger partial charge in [0.25, 0.3) is 5.91 Å². The summed E-state index contributed by atoms with van der Waals surface area (Å²) in [5.41, 5.74) is 5.92. The Morgan fingerprint density at radius 2 is 1.67 bits per heavy atom. The average Bonchev–Trinajstić information content (AvgIpc) is 3.08. The number of carbonyl (C=O) groups is 1. The number of fused-ring (bicyclic) bond motifs is 1. The smallest absolute Gasteiger partial charge is 0.288 e. The predicted octanol–water partition coefficient (Wildman–Crippen LogP) is 4.74. The van der Waals surface area contributed by atoms with Crippen molar-refractivity contribution in [3.8, 4) is 11.1 Å². The van der Waals surface area contributed by atoms with Crippen molar-refractivity contribution in [3.05, 3.63) is 95.9 Å². The maximum Gasteiger partial charge on any atom is 0.288 e. The van der Waals surface area contributed by atoms with Crippen LogP contribution in [0.2, 0.25) is 0 Å². The second kappa shape index (κ2) is 7.25. The summed E-state index contributed by atoms with van der Waals surface area (Å²) in [6.45, 7) is 0. The third-order valence-electron chi connectivity index (χ3n) is 4.23. The SMILES string of the molecule is O=C(NN=Cc1ccccc1)c1[nH]c2ccc(F)cc2c1-c1ccccc1. The van der Waals surface area contributed by atoms with E-state index in [9.17, 15) is 9.18 Å². The van der Waals surface area contributed by atoms with Gasteiger partial charge in [-0.2, -0.15) is 5.10 Å². The molecule has 3 aromatic carbocycles. The van der Waals surface area contributed by atoms with Crippen molar-refractivity contribution >= 4 is 23.0 Å². The number of aromatic nitrogens is 1. The van der Waals surface area contributed by atoms with Gasteiger partial charge >= 0.3 is 0 Å². The molecule has 0 radical (unpaired) electrons. The molecular weight excluding hydrogens is 341 g/mol. The van der Waals surface area contributed by atoms with Gasteiger partial charge in [0.15, 0.2) is 0 Å². The molecule has 132 valence electrons. The molecule has 0 aliphatic heterocycles. The summed E-state index contributed by atoms with van der Waals surface area (Å²) in [6, 6.07) is 23.3. The number of H-pyrrole nitrogens is 1. The van der Waals surface area contributed by atoms with E-state index in [4.69, 9.17) is 0 Å². The Labute approximate surface area is 155 Å². The van der Waals surface area contributed by atoms with Gasteiger partial charge in [0.2, 0.25) is 0 Å². The van der Waals surface area contributed by atoms with Gasteiger partial charge in [-0.15, -0.1) is 0 Å². The molecule has 1 heterocycles. The van der Waals surface area contributed by atoms with Crippen LogP contribution < -0.4 is 5.43 Å². The molecule has 4 aromatic rings. The molecule has 27 heavy (non-hydrogen) atoms. The summed E-state index contributed by atoms with van der Waals surface area (Å²) in [5, 5.41) is 4.67. The zero-order valence-electron chi connectivity index (χ0n) is 14.3. The molecule has 1 amide bonds. The van der Waals surface area contributed by atoms with Crippen molar-refractivity contribution < 1.29 is 9.18 Å². The minimum absolute atomic E-state index is 0.340. The summed E-state index contributed by atoms with van der Waals surface area (Å²) >= 11 is 0. The number of nitrogens with one attached hydrogen (secondary N) is 2. The highest BCUT2D eigenvalue weighted by atomic mass is 19.1. The van der Waals surface area contributed by atoms with Crippen molar-refractivity contribution in [1.29, 1.82) is 0 Å². The van der Waals surface area contributed by atoms with Crippen molar-refractivity contribution in [2.75, 3.05) is 0 Å². The van der Waals surface area contributed by atoms with Crippen molar-refractivity contribution in [3.63, 3.8) is 0 Å². The van der Waals surface area contributed by atoms with Crippen LogP contribution in [0, 0.1) is 5.82 Å². The van der Waals surface area contributed by atoms with Gasteiger partial charge in [0, 0.05) is 16.5 Å². The minimum atomic E-state index is -0.391. The molecule has 4 rings (SSSR count). The summed E-state index contributed by atoms with van der Waals surface area (Å²) in [5.74, 6) is -0.745. The van der Waals surface area contributed by atoms with Crippen LogP contribution in [0.3, 0.4) is 0 Å². The first kappa shape index (κ1) is 16.7. The molecule has 1 aromatic heterocycles. The zero-order chi connectivity index (χ0) is 18.6. The molecule has 0 fully saturated rings. The third kappa shape index (κ3) is 3.48. The zero-order valence-corrected chi connectivity index (χ0v) is 14.3. The first-order valence-corrected chi connectivity index (χ1v) is 8.47. The Kier molecular flexibility index (Phi) is 4.49. The molecule has 0 saturated heterocycles. The van der Waals surface area contributed by atoms with Crippen LogP contribution in [0.1, 0.15) is 16.1 Å². The molecule has 0 aliphatic carbocycles. The van der Waals surface area contributed by atoms with E-state index < -0.39 is 5.91 Å². The molecular formula is C22H16FN3O. The van der Waals surface area contributed by atoms with Crippen LogP contribution in [0.4, 0.5) is 4.39 Å². The van der Waals surface area contributed by atoms with Crippen LogP contribution >= 0.6 is 0 Å². The molecule has 0 unspecified atom stereocenters. The van der Waals surface area contributed by atoms with E-state index in [1.54, 1.807) is 12.3 Å². The lowest BCUT2D eigenvalue weighted by atomic mass is 10.0. The lowest BCUT2D eigenvalue weighted by molar-refractivity contribution is 0.0951. The fraction of sp³-hybridized carbons (Fsp3) is 0. The van der Waals surface area contributed by atoms with E-state index in [2.05, 4.69) is 15.5 Å². The first-order valence-electron chi connectivity index (χ1n) is 8.47. The van der Waals surface area contributed by atoms with E-state index in [0.717, 1.165) is 11.1 Å². The maximum absolute atomic E-state index is 13.8. The number of nitrogens with zero attached hydrogens (tertiary/aromatic N) is 1. The summed E-state index contributed by atoms with van der Waals surface area (Å²) < 4.78 is 13.8. The number of halogens is 1. The Balaban J connectivity index is 1.72. The van der Waals surface area contributed by atoms with Gasteiger partial charge in [-0.3, -0.25) is 4.79 Å². The minimum Gasteiger partial charge on any atom is -0.350 e. The highest BCUT2D eigenvalue weighted by molar-refractivity contribution is 6.09. The molecule has 0 atom stereocenters. The molecule has 0 aliphatic rings. The van der Waals surface area contributed by atoms with Gasteiger partial charge in [-0.05, 0) is 29.3 Å². The van der Waals surface area contributed by atoms with Gasteiger partial charge < -0.3 is 4.98 Å². The number of rotatable bonds is 4. The van der Waals surface area contributed by atoms with Gasteiger partial charge in [0.1, 0.15) is 11.5 Å². The fourth-order valence-corrected chi connectivity index (χ4v) is 3.00. The van der Waals surface area contributed by atoms with E-state index in [0.29, 0.717) is 22.2 Å².